The molecule has 1 aromatic carbocycles. The van der Waals surface area contributed by atoms with E-state index < -0.39 is 11.9 Å². The number of anilines is 1. The summed E-state index contributed by atoms with van der Waals surface area (Å²) in [6, 6.07) is 8.41. The van der Waals surface area contributed by atoms with Crippen LogP contribution in [0, 0.1) is 20.8 Å². The van der Waals surface area contributed by atoms with Gasteiger partial charge < -0.3 is 10.1 Å². The number of Topliss-reactive ketones (excluding diaryl/α,β-unsaturated/α-hetero) is 1. The lowest BCUT2D eigenvalue weighted by molar-refractivity contribution is -0.147. The van der Waals surface area contributed by atoms with Crippen LogP contribution in [0.4, 0.5) is 5.69 Å². The highest BCUT2D eigenvalue weighted by Gasteiger charge is 2.14. The van der Waals surface area contributed by atoms with Crippen molar-refractivity contribution >= 4 is 29.0 Å². The topological polar surface area (TPSA) is 103 Å². The molecule has 0 fully saturated rings. The maximum Gasteiger partial charge on any atom is 0.306 e. The average Bonchev–Trinajstić information content (AvgIpc) is 3.07. The molecular weight excluding hydrogens is 384 g/mol. The molecule has 0 saturated carbocycles. The van der Waals surface area contributed by atoms with Crippen LogP contribution in [-0.4, -0.2) is 38.9 Å². The number of carbonyl (C=O) groups excluding carboxylic acids is 3. The minimum atomic E-state index is -0.465. The lowest BCUT2D eigenvalue weighted by Crippen LogP contribution is -2.21. The number of aromatic nitrogens is 3. The van der Waals surface area contributed by atoms with Gasteiger partial charge in [-0.15, -0.1) is 0 Å². The first-order valence-corrected chi connectivity index (χ1v) is 9.63. The second-order valence-electron chi connectivity index (χ2n) is 7.16. The molecule has 0 aliphatic rings. The summed E-state index contributed by atoms with van der Waals surface area (Å²) in [6.07, 6.45) is 0.585. The van der Waals surface area contributed by atoms with E-state index in [9.17, 15) is 14.4 Å². The molecule has 0 atom stereocenters. The largest absolute Gasteiger partial charge is 0.456 e. The zero-order valence-corrected chi connectivity index (χ0v) is 17.5. The number of hydrogen-bond donors (Lipinski definition) is 1. The molecule has 0 aliphatic carbocycles. The smallest absolute Gasteiger partial charge is 0.306 e. The molecule has 0 unspecified atom stereocenters. The third-order valence-corrected chi connectivity index (χ3v) is 4.80. The van der Waals surface area contributed by atoms with Crippen LogP contribution < -0.4 is 5.32 Å². The fraction of sp³-hybridized carbons (Fsp3) is 0.318. The molecule has 2 aromatic heterocycles. The van der Waals surface area contributed by atoms with Gasteiger partial charge in [-0.3, -0.25) is 14.4 Å². The Bertz CT molecular complexity index is 1120. The number of amides is 1. The molecule has 30 heavy (non-hydrogen) atoms. The van der Waals surface area contributed by atoms with Gasteiger partial charge in [-0.1, -0.05) is 0 Å². The van der Waals surface area contributed by atoms with Crippen LogP contribution in [0.5, 0.6) is 0 Å². The fourth-order valence-electron chi connectivity index (χ4n) is 3.23. The van der Waals surface area contributed by atoms with E-state index in [1.807, 2.05) is 26.8 Å². The molecule has 1 N–H and O–H groups in total. The number of nitrogens with one attached hydrogen (secondary N) is 1. The Morgan fingerprint density at radius 2 is 1.80 bits per heavy atom. The maximum atomic E-state index is 12.1. The van der Waals surface area contributed by atoms with Gasteiger partial charge in [0.25, 0.3) is 5.91 Å². The molecule has 0 spiro atoms. The van der Waals surface area contributed by atoms with Crippen molar-refractivity contribution in [2.75, 3.05) is 11.9 Å². The molecule has 0 bridgehead atoms. The van der Waals surface area contributed by atoms with Gasteiger partial charge in [-0.25, -0.2) is 9.50 Å². The van der Waals surface area contributed by atoms with E-state index in [-0.39, 0.29) is 18.8 Å². The predicted molar refractivity (Wildman–Crippen MR) is 112 cm³/mol. The maximum absolute atomic E-state index is 12.1. The quantitative estimate of drug-likeness (QED) is 0.476. The first-order chi connectivity index (χ1) is 14.2. The van der Waals surface area contributed by atoms with E-state index in [0.717, 1.165) is 28.3 Å². The number of benzene rings is 1. The molecule has 8 heteroatoms. The van der Waals surface area contributed by atoms with Gasteiger partial charge in [0.1, 0.15) is 0 Å². The number of carbonyl (C=O) groups is 3. The highest BCUT2D eigenvalue weighted by molar-refractivity contribution is 5.96. The third kappa shape index (κ3) is 4.89. The molecule has 1 amide bonds. The van der Waals surface area contributed by atoms with Crippen molar-refractivity contribution in [3.05, 3.63) is 58.5 Å². The van der Waals surface area contributed by atoms with E-state index in [0.29, 0.717) is 17.7 Å². The first-order valence-electron chi connectivity index (χ1n) is 9.63. The zero-order valence-electron chi connectivity index (χ0n) is 17.5. The van der Waals surface area contributed by atoms with Crippen LogP contribution in [0.3, 0.4) is 0 Å². The standard InChI is InChI=1S/C22H24N4O4/c1-13-11-20-23-14(2)19(15(3)26(20)25-13)9-10-22(29)30-12-21(28)24-18-7-5-17(6-8-18)16(4)27/h5-8,11H,9-10,12H2,1-4H3,(H,24,28). The number of nitrogens with zero attached hydrogens (tertiary/aromatic N) is 3. The fourth-order valence-corrected chi connectivity index (χ4v) is 3.23. The van der Waals surface area contributed by atoms with Crippen LogP contribution in [0.2, 0.25) is 0 Å². The Kier molecular flexibility index (Phi) is 6.25. The number of fused-ring (bicyclic) bond motifs is 1. The normalized spacial score (nSPS) is 10.8. The number of ether oxygens (including phenoxy) is 1. The van der Waals surface area contributed by atoms with E-state index in [2.05, 4.69) is 15.4 Å². The van der Waals surface area contributed by atoms with Gasteiger partial charge in [0, 0.05) is 35.1 Å². The summed E-state index contributed by atoms with van der Waals surface area (Å²) < 4.78 is 6.85. The number of rotatable bonds is 7. The van der Waals surface area contributed by atoms with Gasteiger partial charge in [-0.2, -0.15) is 5.10 Å². The van der Waals surface area contributed by atoms with Crippen LogP contribution >= 0.6 is 0 Å². The van der Waals surface area contributed by atoms with E-state index in [4.69, 9.17) is 4.74 Å². The Hall–Kier alpha value is -3.55. The van der Waals surface area contributed by atoms with Crippen LogP contribution in [0.15, 0.2) is 30.3 Å². The van der Waals surface area contributed by atoms with Crippen molar-refractivity contribution in [3.63, 3.8) is 0 Å². The second-order valence-corrected chi connectivity index (χ2v) is 7.16. The molecule has 0 saturated heterocycles. The Morgan fingerprint density at radius 1 is 1.10 bits per heavy atom. The van der Waals surface area contributed by atoms with Gasteiger partial charge in [-0.05, 0) is 63.9 Å². The Labute approximate surface area is 174 Å². The number of ketones is 1. The number of hydrogen-bond acceptors (Lipinski definition) is 6. The zero-order chi connectivity index (χ0) is 21.8. The molecule has 0 aliphatic heterocycles. The van der Waals surface area contributed by atoms with Gasteiger partial charge in [0.2, 0.25) is 0 Å². The van der Waals surface area contributed by atoms with Crippen molar-refractivity contribution in [3.8, 4) is 0 Å². The summed E-state index contributed by atoms with van der Waals surface area (Å²) in [5, 5.41) is 7.05. The lowest BCUT2D eigenvalue weighted by Gasteiger charge is -2.11. The van der Waals surface area contributed by atoms with E-state index >= 15 is 0 Å². The average molecular weight is 408 g/mol. The summed E-state index contributed by atoms with van der Waals surface area (Å²) in [6.45, 7) is 6.85. The van der Waals surface area contributed by atoms with E-state index in [1.54, 1.807) is 28.8 Å². The summed E-state index contributed by atoms with van der Waals surface area (Å²) in [7, 11) is 0. The first kappa shape index (κ1) is 21.2. The predicted octanol–water partition coefficient (Wildman–Crippen LogP) is 2.97. The SMILES string of the molecule is CC(=O)c1ccc(NC(=O)COC(=O)CCc2c(C)nc3cc(C)nn3c2C)cc1. The monoisotopic (exact) mass is 408 g/mol. The minimum absolute atomic E-state index is 0.0516. The molecule has 3 rings (SSSR count). The summed E-state index contributed by atoms with van der Waals surface area (Å²) in [5.74, 6) is -0.960. The summed E-state index contributed by atoms with van der Waals surface area (Å²) >= 11 is 0. The van der Waals surface area contributed by atoms with Crippen molar-refractivity contribution in [1.82, 2.24) is 14.6 Å². The third-order valence-electron chi connectivity index (χ3n) is 4.80. The molecular formula is C22H24N4O4. The van der Waals surface area contributed by atoms with Crippen LogP contribution in [0.25, 0.3) is 5.65 Å². The number of esters is 1. The lowest BCUT2D eigenvalue weighted by atomic mass is 10.1. The molecule has 156 valence electrons. The van der Waals surface area contributed by atoms with Crippen molar-refractivity contribution in [2.45, 2.75) is 40.5 Å². The number of aryl methyl sites for hydroxylation is 3. The van der Waals surface area contributed by atoms with Crippen molar-refractivity contribution < 1.29 is 19.1 Å². The van der Waals surface area contributed by atoms with Gasteiger partial charge >= 0.3 is 5.97 Å². The van der Waals surface area contributed by atoms with Crippen LogP contribution in [-0.2, 0) is 20.7 Å². The molecule has 0 radical (unpaired) electrons. The molecule has 3 aromatic rings. The minimum Gasteiger partial charge on any atom is -0.456 e. The Balaban J connectivity index is 1.52. The second kappa shape index (κ2) is 8.86. The summed E-state index contributed by atoms with van der Waals surface area (Å²) in [5.41, 5.74) is 5.47. The summed E-state index contributed by atoms with van der Waals surface area (Å²) in [4.78, 5) is 39.9. The highest BCUT2D eigenvalue weighted by atomic mass is 16.5. The van der Waals surface area contributed by atoms with Crippen molar-refractivity contribution in [2.24, 2.45) is 0 Å². The Morgan fingerprint density at radius 3 is 2.47 bits per heavy atom. The van der Waals surface area contributed by atoms with Gasteiger partial charge in [0.15, 0.2) is 18.0 Å². The van der Waals surface area contributed by atoms with Gasteiger partial charge in [0.05, 0.1) is 5.69 Å². The molecule has 2 heterocycles. The highest BCUT2D eigenvalue weighted by Crippen LogP contribution is 2.17. The van der Waals surface area contributed by atoms with Crippen LogP contribution in [0.1, 0.15) is 46.3 Å². The molecule has 8 nitrogen and oxygen atoms in total. The van der Waals surface area contributed by atoms with E-state index in [1.165, 1.54) is 6.92 Å². The van der Waals surface area contributed by atoms with Crippen molar-refractivity contribution in [1.29, 1.82) is 0 Å².